The number of aromatic nitrogens is 3. The van der Waals surface area contributed by atoms with Crippen LogP contribution in [0.4, 0.5) is 36.8 Å². The van der Waals surface area contributed by atoms with Crippen LogP contribution in [0.1, 0.15) is 48.4 Å². The molecule has 3 aromatic rings. The number of carbonyl (C=O) groups excluding carboxylic acids is 2. The van der Waals surface area contributed by atoms with Gasteiger partial charge in [-0.1, -0.05) is 30.3 Å². The van der Waals surface area contributed by atoms with E-state index in [4.69, 9.17) is 10.5 Å². The number of rotatable bonds is 7. The van der Waals surface area contributed by atoms with Gasteiger partial charge in [0.2, 0.25) is 0 Å². The molecule has 4 heterocycles. The predicted octanol–water partition coefficient (Wildman–Crippen LogP) is 4.48. The maximum absolute atomic E-state index is 14.0. The molecule has 1 atom stereocenters. The number of halogens is 6. The highest BCUT2D eigenvalue weighted by Crippen LogP contribution is 2.42. The fourth-order valence-corrected chi connectivity index (χ4v) is 7.33. The number of anilines is 1. The van der Waals surface area contributed by atoms with Crippen molar-refractivity contribution < 1.29 is 40.7 Å². The van der Waals surface area contributed by atoms with E-state index in [0.29, 0.717) is 43.6 Å². The lowest BCUT2D eigenvalue weighted by Crippen LogP contribution is -2.54. The van der Waals surface area contributed by atoms with Crippen LogP contribution in [-0.4, -0.2) is 118 Å². The molecule has 53 heavy (non-hydrogen) atoms. The summed E-state index contributed by atoms with van der Waals surface area (Å²) in [5.41, 5.74) is 0.258. The van der Waals surface area contributed by atoms with Crippen molar-refractivity contribution >= 4 is 17.7 Å². The molecule has 1 aromatic heterocycles. The van der Waals surface area contributed by atoms with Gasteiger partial charge in [-0.3, -0.25) is 14.7 Å². The number of nitrogens with zero attached hydrogens (tertiary/aromatic N) is 6. The maximum Gasteiger partial charge on any atom is 0.418 e. The van der Waals surface area contributed by atoms with Crippen LogP contribution in [0.2, 0.25) is 0 Å². The van der Waals surface area contributed by atoms with Gasteiger partial charge in [-0.05, 0) is 50.4 Å². The SMILES string of the molecule is CN1CCN(C2CCN(C(=O)[C@@H](Cc3cc(C(F)(F)F)c(N)c(C(F)(F)F)c3)OC(=O)N3CCC(n4nc(-c5ccccc5)[nH]c4=O)CC3)CC2)CC1. The number of aromatic amines is 1. The Balaban J connectivity index is 1.18. The zero-order valence-corrected chi connectivity index (χ0v) is 29.1. The quantitative estimate of drug-likeness (QED) is 0.267. The Morgan fingerprint density at radius 2 is 1.40 bits per heavy atom. The van der Waals surface area contributed by atoms with Crippen LogP contribution in [-0.2, 0) is 28.3 Å². The third-order valence-electron chi connectivity index (χ3n) is 10.4. The van der Waals surface area contributed by atoms with E-state index in [-0.39, 0.29) is 38.3 Å². The summed E-state index contributed by atoms with van der Waals surface area (Å²) >= 11 is 0. The Kier molecular flexibility index (Phi) is 11.1. The number of H-pyrrole nitrogens is 1. The Labute approximate surface area is 301 Å². The van der Waals surface area contributed by atoms with Gasteiger partial charge in [-0.15, -0.1) is 5.10 Å². The monoisotopic (exact) mass is 752 g/mol. The van der Waals surface area contributed by atoms with Gasteiger partial charge in [0, 0.05) is 70.4 Å². The highest BCUT2D eigenvalue weighted by Gasteiger charge is 2.42. The summed E-state index contributed by atoms with van der Waals surface area (Å²) in [5.74, 6) is -0.322. The third-order valence-corrected chi connectivity index (χ3v) is 10.4. The van der Waals surface area contributed by atoms with E-state index in [1.54, 1.807) is 12.1 Å². The lowest BCUT2D eigenvalue weighted by molar-refractivity contribution is -0.142. The zero-order valence-electron chi connectivity index (χ0n) is 29.1. The van der Waals surface area contributed by atoms with Crippen molar-refractivity contribution in [1.29, 1.82) is 0 Å². The maximum atomic E-state index is 14.0. The standard InChI is InChI=1S/C35H42F6N8O4/c1-45-15-17-46(18-16-45)24-7-11-47(12-8-24)31(50)28(21-22-19-26(34(36,37)38)29(42)27(20-22)35(39,40)41)53-33(52)48-13-9-25(10-14-48)49-32(51)43-30(44-49)23-5-3-2-4-6-23/h2-6,19-20,24-25,28H,7-18,21,42H2,1H3,(H,43,44,51)/t28-/m1/s1. The number of alkyl halides is 6. The summed E-state index contributed by atoms with van der Waals surface area (Å²) < 4.78 is 90.2. The van der Waals surface area contributed by atoms with E-state index in [1.807, 2.05) is 25.2 Å². The Morgan fingerprint density at radius 1 is 0.849 bits per heavy atom. The topological polar surface area (TPSA) is 133 Å². The van der Waals surface area contributed by atoms with Gasteiger partial charge in [0.15, 0.2) is 11.9 Å². The van der Waals surface area contributed by atoms with E-state index in [1.165, 1.54) is 14.5 Å². The number of nitrogen functional groups attached to an aromatic ring is 1. The van der Waals surface area contributed by atoms with Crippen LogP contribution in [0, 0.1) is 0 Å². The van der Waals surface area contributed by atoms with Gasteiger partial charge in [0.05, 0.1) is 22.9 Å². The molecule has 0 unspecified atom stereocenters. The van der Waals surface area contributed by atoms with E-state index < -0.39 is 64.9 Å². The summed E-state index contributed by atoms with van der Waals surface area (Å²) in [6.45, 7) is 4.30. The molecule has 288 valence electrons. The number of benzene rings is 2. The highest BCUT2D eigenvalue weighted by atomic mass is 19.4. The van der Waals surface area contributed by atoms with E-state index in [9.17, 15) is 40.7 Å². The number of carbonyl (C=O) groups is 2. The molecule has 3 aliphatic rings. The predicted molar refractivity (Wildman–Crippen MR) is 182 cm³/mol. The molecular formula is C35H42F6N8O4. The summed E-state index contributed by atoms with van der Waals surface area (Å²) in [6, 6.07) is 9.83. The average molecular weight is 753 g/mol. The fraction of sp³-hybridized carbons (Fsp3) is 0.543. The van der Waals surface area contributed by atoms with Gasteiger partial charge in [-0.2, -0.15) is 26.3 Å². The number of piperazine rings is 1. The van der Waals surface area contributed by atoms with E-state index in [2.05, 4.69) is 19.9 Å². The molecule has 2 amide bonds. The van der Waals surface area contributed by atoms with Crippen LogP contribution in [0.5, 0.6) is 0 Å². The number of likely N-dealkylation sites (tertiary alicyclic amines) is 2. The third kappa shape index (κ3) is 8.80. The first-order valence-electron chi connectivity index (χ1n) is 17.6. The molecular weight excluding hydrogens is 710 g/mol. The molecule has 12 nitrogen and oxygen atoms in total. The Hall–Kier alpha value is -4.58. The normalized spacial score (nSPS) is 19.4. The summed E-state index contributed by atoms with van der Waals surface area (Å²) in [6.07, 6.45) is -12.0. The molecule has 3 fully saturated rings. The van der Waals surface area contributed by atoms with Gasteiger partial charge in [-0.25, -0.2) is 14.3 Å². The number of piperidine rings is 2. The number of nitrogens with one attached hydrogen (secondary N) is 1. The summed E-state index contributed by atoms with van der Waals surface area (Å²) in [5, 5.41) is 4.43. The van der Waals surface area contributed by atoms with Crippen molar-refractivity contribution in [3.05, 3.63) is 69.6 Å². The number of amides is 2. The minimum absolute atomic E-state index is 0.0963. The second-order valence-corrected chi connectivity index (χ2v) is 13.9. The van der Waals surface area contributed by atoms with Crippen molar-refractivity contribution in [2.24, 2.45) is 0 Å². The number of nitrogens with two attached hydrogens (primary N) is 1. The minimum Gasteiger partial charge on any atom is -0.436 e. The number of hydrogen-bond acceptors (Lipinski definition) is 8. The largest absolute Gasteiger partial charge is 0.436 e. The number of ether oxygens (including phenoxy) is 1. The molecule has 0 saturated carbocycles. The second kappa shape index (κ2) is 15.4. The van der Waals surface area contributed by atoms with Crippen molar-refractivity contribution in [1.82, 2.24) is 34.4 Å². The summed E-state index contributed by atoms with van der Waals surface area (Å²) in [4.78, 5) is 50.3. The van der Waals surface area contributed by atoms with Crippen LogP contribution in [0.3, 0.4) is 0 Å². The number of likely N-dealkylation sites (N-methyl/N-ethyl adjacent to an activating group) is 1. The van der Waals surface area contributed by atoms with E-state index in [0.717, 1.165) is 31.7 Å². The molecule has 2 aromatic carbocycles. The van der Waals surface area contributed by atoms with Crippen molar-refractivity contribution in [2.75, 3.05) is 65.1 Å². The lowest BCUT2D eigenvalue weighted by Gasteiger charge is -2.42. The molecule has 6 rings (SSSR count). The van der Waals surface area contributed by atoms with Gasteiger partial charge in [0.25, 0.3) is 5.91 Å². The van der Waals surface area contributed by atoms with Crippen LogP contribution < -0.4 is 11.4 Å². The van der Waals surface area contributed by atoms with Crippen molar-refractivity contribution in [3.8, 4) is 11.4 Å². The van der Waals surface area contributed by atoms with Gasteiger partial charge >= 0.3 is 24.1 Å². The highest BCUT2D eigenvalue weighted by molar-refractivity contribution is 5.84. The molecule has 0 spiro atoms. The first-order valence-corrected chi connectivity index (χ1v) is 17.6. The molecule has 18 heteroatoms. The molecule has 3 aliphatic heterocycles. The summed E-state index contributed by atoms with van der Waals surface area (Å²) in [7, 11) is 2.04. The van der Waals surface area contributed by atoms with Crippen LogP contribution in [0.25, 0.3) is 11.4 Å². The van der Waals surface area contributed by atoms with Crippen molar-refractivity contribution in [3.63, 3.8) is 0 Å². The molecule has 3 saturated heterocycles. The average Bonchev–Trinajstić information content (AvgIpc) is 3.53. The number of hydrogen-bond donors (Lipinski definition) is 2. The minimum atomic E-state index is -5.22. The molecule has 3 N–H and O–H groups in total. The first kappa shape index (κ1) is 38.2. The zero-order chi connectivity index (χ0) is 38.1. The van der Waals surface area contributed by atoms with Crippen molar-refractivity contribution in [2.45, 2.75) is 62.6 Å². The molecule has 0 aliphatic carbocycles. The Morgan fingerprint density at radius 3 is 1.96 bits per heavy atom. The Bertz CT molecular complexity index is 1770. The van der Waals surface area contributed by atoms with Gasteiger partial charge < -0.3 is 25.2 Å². The van der Waals surface area contributed by atoms with E-state index >= 15 is 0 Å². The second-order valence-electron chi connectivity index (χ2n) is 13.9. The van der Waals surface area contributed by atoms with Crippen LogP contribution in [0.15, 0.2) is 47.3 Å². The first-order chi connectivity index (χ1) is 25.1. The van der Waals surface area contributed by atoms with Crippen LogP contribution >= 0.6 is 0 Å². The smallest absolute Gasteiger partial charge is 0.418 e. The lowest BCUT2D eigenvalue weighted by atomic mass is 9.97. The molecule has 0 bridgehead atoms. The van der Waals surface area contributed by atoms with Gasteiger partial charge in [0.1, 0.15) is 0 Å². The fourth-order valence-electron chi connectivity index (χ4n) is 7.33. The molecule has 0 radical (unpaired) electrons.